The third kappa shape index (κ3) is 5.01. The molecule has 152 valence electrons. The van der Waals surface area contributed by atoms with Crippen LogP contribution in [0.4, 0.5) is 4.39 Å². The molecule has 4 nitrogen and oxygen atoms in total. The van der Waals surface area contributed by atoms with Crippen molar-refractivity contribution in [3.05, 3.63) is 23.6 Å². The number of allylic oxidation sites excluding steroid dienone is 3. The standard InChI is InChI=1S/C22H29FN2O2S/c23-18-12-16(7-6-15-4-2-1-3-5-15)13-19-21(18)22(26)25-20(24-19)14-28-17-8-10-27-11-9-17/h12-13,15,17,21H,1-11,14H2. The van der Waals surface area contributed by atoms with Crippen LogP contribution in [0.3, 0.4) is 0 Å². The molecule has 2 aliphatic heterocycles. The molecular formula is C22H29FN2O2S. The van der Waals surface area contributed by atoms with Crippen LogP contribution in [-0.4, -0.2) is 41.7 Å². The number of carbonyl (C=O) groups excluding carboxylic acids is 1. The molecule has 4 aliphatic rings. The molecular weight excluding hydrogens is 375 g/mol. The lowest BCUT2D eigenvalue weighted by Gasteiger charge is -2.25. The molecule has 2 heterocycles. The fourth-order valence-electron chi connectivity index (χ4n) is 4.51. The van der Waals surface area contributed by atoms with Crippen LogP contribution in [0.25, 0.3) is 0 Å². The molecule has 1 atom stereocenters. The molecule has 1 saturated heterocycles. The van der Waals surface area contributed by atoms with E-state index >= 15 is 0 Å². The van der Waals surface area contributed by atoms with Gasteiger partial charge in [-0.1, -0.05) is 32.1 Å². The Kier molecular flexibility index (Phi) is 6.78. The summed E-state index contributed by atoms with van der Waals surface area (Å²) in [6.45, 7) is 1.59. The Bertz CT molecular complexity index is 716. The SMILES string of the molecule is O=C1N=C(CSC2CCOCC2)N=C2C=C(CCC3CCCCC3)C=C(F)C12. The molecule has 0 radical (unpaired) electrons. The minimum Gasteiger partial charge on any atom is -0.381 e. The van der Waals surface area contributed by atoms with Gasteiger partial charge in [0.15, 0.2) is 0 Å². The van der Waals surface area contributed by atoms with E-state index in [0.717, 1.165) is 50.4 Å². The molecule has 4 rings (SSSR count). The average Bonchev–Trinajstić information content (AvgIpc) is 2.72. The fraction of sp³-hybridized carbons (Fsp3) is 0.682. The predicted octanol–water partition coefficient (Wildman–Crippen LogP) is 5.05. The summed E-state index contributed by atoms with van der Waals surface area (Å²) in [4.78, 5) is 21.0. The summed E-state index contributed by atoms with van der Waals surface area (Å²) in [5.74, 6) is 0.157. The van der Waals surface area contributed by atoms with E-state index in [1.165, 1.54) is 32.1 Å². The van der Waals surface area contributed by atoms with E-state index < -0.39 is 17.7 Å². The van der Waals surface area contributed by atoms with Gasteiger partial charge < -0.3 is 4.74 Å². The second-order valence-corrected chi connectivity index (χ2v) is 9.54. The van der Waals surface area contributed by atoms with E-state index in [1.54, 1.807) is 17.8 Å². The largest absolute Gasteiger partial charge is 0.381 e. The Morgan fingerprint density at radius 3 is 2.64 bits per heavy atom. The fourth-order valence-corrected chi connectivity index (χ4v) is 5.55. The number of nitrogens with zero attached hydrogens (tertiary/aromatic N) is 2. The molecule has 28 heavy (non-hydrogen) atoms. The zero-order chi connectivity index (χ0) is 19.3. The smallest absolute Gasteiger partial charge is 0.263 e. The number of hydrogen-bond acceptors (Lipinski definition) is 4. The lowest BCUT2D eigenvalue weighted by molar-refractivity contribution is -0.119. The van der Waals surface area contributed by atoms with Crippen molar-refractivity contribution in [2.24, 2.45) is 21.8 Å². The molecule has 2 aliphatic carbocycles. The van der Waals surface area contributed by atoms with Gasteiger partial charge in [0.1, 0.15) is 17.6 Å². The highest BCUT2D eigenvalue weighted by Gasteiger charge is 2.34. The van der Waals surface area contributed by atoms with Gasteiger partial charge >= 0.3 is 0 Å². The molecule has 0 aromatic heterocycles. The summed E-state index contributed by atoms with van der Waals surface area (Å²) in [6, 6.07) is 0. The van der Waals surface area contributed by atoms with Gasteiger partial charge in [-0.05, 0) is 49.3 Å². The number of hydrogen-bond donors (Lipinski definition) is 0. The number of ether oxygens (including phenoxy) is 1. The maximum Gasteiger partial charge on any atom is 0.263 e. The van der Waals surface area contributed by atoms with Crippen molar-refractivity contribution in [1.29, 1.82) is 0 Å². The second kappa shape index (κ2) is 9.49. The Morgan fingerprint density at radius 2 is 1.86 bits per heavy atom. The van der Waals surface area contributed by atoms with Crippen LogP contribution < -0.4 is 0 Å². The molecule has 6 heteroatoms. The number of amides is 1. The zero-order valence-corrected chi connectivity index (χ0v) is 17.2. The van der Waals surface area contributed by atoms with Crippen LogP contribution in [0.1, 0.15) is 57.8 Å². The summed E-state index contributed by atoms with van der Waals surface area (Å²) in [6.07, 6.45) is 14.1. The van der Waals surface area contributed by atoms with Gasteiger partial charge in [0.2, 0.25) is 0 Å². The first kappa shape index (κ1) is 20.0. The second-order valence-electron chi connectivity index (χ2n) is 8.25. The van der Waals surface area contributed by atoms with Crippen molar-refractivity contribution in [2.45, 2.75) is 63.0 Å². The topological polar surface area (TPSA) is 51.0 Å². The third-order valence-corrected chi connectivity index (χ3v) is 7.52. The quantitative estimate of drug-likeness (QED) is 0.622. The summed E-state index contributed by atoms with van der Waals surface area (Å²) in [5.41, 5.74) is 1.51. The van der Waals surface area contributed by atoms with Crippen molar-refractivity contribution in [2.75, 3.05) is 19.0 Å². The Hall–Kier alpha value is -1.27. The molecule has 0 aromatic carbocycles. The predicted molar refractivity (Wildman–Crippen MR) is 113 cm³/mol. The molecule has 0 N–H and O–H groups in total. The highest BCUT2D eigenvalue weighted by atomic mass is 32.2. The molecule has 0 spiro atoms. The van der Waals surface area contributed by atoms with Gasteiger partial charge in [-0.25, -0.2) is 9.38 Å². The molecule has 1 saturated carbocycles. The number of fused-ring (bicyclic) bond motifs is 1. The Balaban J connectivity index is 1.39. The van der Waals surface area contributed by atoms with Crippen LogP contribution in [0.5, 0.6) is 0 Å². The molecule has 0 aromatic rings. The summed E-state index contributed by atoms with van der Waals surface area (Å²) in [7, 11) is 0. The van der Waals surface area contributed by atoms with Crippen LogP contribution in [0, 0.1) is 11.8 Å². The monoisotopic (exact) mass is 404 g/mol. The van der Waals surface area contributed by atoms with Gasteiger partial charge in [-0.2, -0.15) is 16.8 Å². The minimum atomic E-state index is -0.921. The van der Waals surface area contributed by atoms with Crippen LogP contribution in [-0.2, 0) is 9.53 Å². The van der Waals surface area contributed by atoms with Gasteiger partial charge in [-0.15, -0.1) is 0 Å². The average molecular weight is 405 g/mol. The lowest BCUT2D eigenvalue weighted by atomic mass is 9.83. The number of rotatable bonds is 6. The van der Waals surface area contributed by atoms with Crippen LogP contribution >= 0.6 is 11.8 Å². The van der Waals surface area contributed by atoms with Crippen molar-refractivity contribution < 1.29 is 13.9 Å². The van der Waals surface area contributed by atoms with Crippen LogP contribution in [0.15, 0.2) is 33.5 Å². The first-order valence-electron chi connectivity index (χ1n) is 10.7. The molecule has 1 unspecified atom stereocenters. The Morgan fingerprint density at radius 1 is 1.07 bits per heavy atom. The first-order valence-corrected chi connectivity index (χ1v) is 11.7. The van der Waals surface area contributed by atoms with E-state index in [-0.39, 0.29) is 0 Å². The van der Waals surface area contributed by atoms with E-state index in [9.17, 15) is 9.18 Å². The van der Waals surface area contributed by atoms with Crippen molar-refractivity contribution in [3.8, 4) is 0 Å². The number of amidine groups is 1. The first-order chi connectivity index (χ1) is 13.7. The van der Waals surface area contributed by atoms with E-state index in [1.807, 2.05) is 6.08 Å². The summed E-state index contributed by atoms with van der Waals surface area (Å²) in [5, 5.41) is 0.522. The normalized spacial score (nSPS) is 26.9. The number of thioether (sulfide) groups is 1. The summed E-state index contributed by atoms with van der Waals surface area (Å²) >= 11 is 1.78. The number of carbonyl (C=O) groups is 1. The maximum absolute atomic E-state index is 14.6. The molecule has 0 bridgehead atoms. The van der Waals surface area contributed by atoms with Crippen molar-refractivity contribution in [3.63, 3.8) is 0 Å². The number of aliphatic imine (C=N–C) groups is 2. The van der Waals surface area contributed by atoms with Gasteiger partial charge in [-0.3, -0.25) is 4.79 Å². The maximum atomic E-state index is 14.6. The van der Waals surface area contributed by atoms with Crippen LogP contribution in [0.2, 0.25) is 0 Å². The highest BCUT2D eigenvalue weighted by molar-refractivity contribution is 8.00. The zero-order valence-electron chi connectivity index (χ0n) is 16.4. The number of halogens is 1. The van der Waals surface area contributed by atoms with E-state index in [2.05, 4.69) is 9.98 Å². The van der Waals surface area contributed by atoms with Gasteiger partial charge in [0.05, 0.1) is 11.5 Å². The van der Waals surface area contributed by atoms with Crippen molar-refractivity contribution >= 4 is 29.2 Å². The van der Waals surface area contributed by atoms with Gasteiger partial charge in [0, 0.05) is 18.5 Å². The minimum absolute atomic E-state index is 0.398. The Labute approximate surface area is 170 Å². The molecule has 1 amide bonds. The van der Waals surface area contributed by atoms with Crippen molar-refractivity contribution in [1.82, 2.24) is 0 Å². The molecule has 2 fully saturated rings. The van der Waals surface area contributed by atoms with Gasteiger partial charge in [0.25, 0.3) is 5.91 Å². The highest BCUT2D eigenvalue weighted by Crippen LogP contribution is 2.33. The lowest BCUT2D eigenvalue weighted by Crippen LogP contribution is -2.31. The summed E-state index contributed by atoms with van der Waals surface area (Å²) < 4.78 is 20.0. The van der Waals surface area contributed by atoms with E-state index in [0.29, 0.717) is 22.6 Å². The third-order valence-electron chi connectivity index (χ3n) is 6.15. The van der Waals surface area contributed by atoms with E-state index in [4.69, 9.17) is 4.74 Å².